The Morgan fingerprint density at radius 3 is 2.58 bits per heavy atom. The van der Waals surface area contributed by atoms with Crippen LogP contribution in [0.1, 0.15) is 65.2 Å². The lowest BCUT2D eigenvalue weighted by Gasteiger charge is -2.33. The van der Waals surface area contributed by atoms with Crippen LogP contribution in [0.15, 0.2) is 0 Å². The molecule has 1 saturated heterocycles. The van der Waals surface area contributed by atoms with E-state index < -0.39 is 0 Å². The molecule has 0 aromatic heterocycles. The van der Waals surface area contributed by atoms with Crippen molar-refractivity contribution in [2.24, 2.45) is 11.8 Å². The molecule has 2 atom stereocenters. The molecule has 2 heteroatoms. The van der Waals surface area contributed by atoms with Crippen LogP contribution >= 0.6 is 0 Å². The average molecular weight is 266 g/mol. The molecule has 0 aromatic carbocycles. The van der Waals surface area contributed by atoms with Gasteiger partial charge in [0, 0.05) is 19.1 Å². The van der Waals surface area contributed by atoms with Crippen molar-refractivity contribution in [3.8, 4) is 0 Å². The Balaban J connectivity index is 1.54. The smallest absolute Gasteiger partial charge is 0.0107 e. The van der Waals surface area contributed by atoms with Gasteiger partial charge in [0.15, 0.2) is 0 Å². The molecule has 2 fully saturated rings. The molecule has 2 unspecified atom stereocenters. The van der Waals surface area contributed by atoms with Crippen LogP contribution in [-0.2, 0) is 0 Å². The van der Waals surface area contributed by atoms with Gasteiger partial charge in [-0.05, 0) is 50.6 Å². The highest BCUT2D eigenvalue weighted by Gasteiger charge is 2.20. The first kappa shape index (κ1) is 15.3. The highest BCUT2D eigenvalue weighted by molar-refractivity contribution is 4.77. The van der Waals surface area contributed by atoms with Crippen molar-refractivity contribution in [2.45, 2.75) is 71.3 Å². The van der Waals surface area contributed by atoms with E-state index in [9.17, 15) is 0 Å². The molecule has 0 amide bonds. The lowest BCUT2D eigenvalue weighted by atomic mass is 9.87. The number of nitrogens with one attached hydrogen (secondary N) is 1. The van der Waals surface area contributed by atoms with Crippen molar-refractivity contribution in [2.75, 3.05) is 26.2 Å². The van der Waals surface area contributed by atoms with Crippen LogP contribution in [0.4, 0.5) is 0 Å². The Morgan fingerprint density at radius 1 is 1.11 bits per heavy atom. The summed E-state index contributed by atoms with van der Waals surface area (Å²) >= 11 is 0. The molecule has 1 aliphatic heterocycles. The van der Waals surface area contributed by atoms with Crippen LogP contribution in [0.25, 0.3) is 0 Å². The number of nitrogens with zero attached hydrogens (tertiary/aromatic N) is 1. The summed E-state index contributed by atoms with van der Waals surface area (Å²) in [5, 5.41) is 3.79. The van der Waals surface area contributed by atoms with E-state index in [4.69, 9.17) is 0 Å². The Hall–Kier alpha value is -0.0800. The molecule has 112 valence electrons. The molecule has 0 aromatic rings. The third-order valence-corrected chi connectivity index (χ3v) is 5.20. The van der Waals surface area contributed by atoms with Gasteiger partial charge < -0.3 is 10.2 Å². The van der Waals surface area contributed by atoms with E-state index in [1.165, 1.54) is 77.5 Å². The number of piperidine rings is 1. The molecular formula is C17H34N2. The van der Waals surface area contributed by atoms with Gasteiger partial charge in [-0.25, -0.2) is 0 Å². The molecule has 1 N–H and O–H groups in total. The standard InChI is InChI=1S/C17H34N2/c1-3-5-16-8-11-19(12-9-16)13-10-18-17-7-4-6-15(2)14-17/h15-18H,3-14H2,1-2H3. The van der Waals surface area contributed by atoms with Gasteiger partial charge >= 0.3 is 0 Å². The highest BCUT2D eigenvalue weighted by Crippen LogP contribution is 2.24. The average Bonchev–Trinajstić information content (AvgIpc) is 2.41. The predicted octanol–water partition coefficient (Wildman–Crippen LogP) is 3.67. The molecule has 2 aliphatic rings. The van der Waals surface area contributed by atoms with E-state index >= 15 is 0 Å². The predicted molar refractivity (Wildman–Crippen MR) is 83.5 cm³/mol. The number of likely N-dealkylation sites (tertiary alicyclic amines) is 1. The zero-order valence-electron chi connectivity index (χ0n) is 13.2. The summed E-state index contributed by atoms with van der Waals surface area (Å²) in [6, 6.07) is 0.807. The zero-order valence-corrected chi connectivity index (χ0v) is 13.2. The second-order valence-corrected chi connectivity index (χ2v) is 7.00. The molecule has 0 bridgehead atoms. The third kappa shape index (κ3) is 5.43. The van der Waals surface area contributed by atoms with Crippen LogP contribution < -0.4 is 5.32 Å². The highest BCUT2D eigenvalue weighted by atomic mass is 15.1. The molecule has 2 nitrogen and oxygen atoms in total. The normalized spacial score (nSPS) is 30.6. The first-order chi connectivity index (χ1) is 9.28. The van der Waals surface area contributed by atoms with Gasteiger partial charge in [0.05, 0.1) is 0 Å². The van der Waals surface area contributed by atoms with Gasteiger partial charge in [-0.3, -0.25) is 0 Å². The number of hydrogen-bond donors (Lipinski definition) is 1. The van der Waals surface area contributed by atoms with Crippen LogP contribution in [0, 0.1) is 11.8 Å². The summed E-state index contributed by atoms with van der Waals surface area (Å²) in [4.78, 5) is 2.67. The monoisotopic (exact) mass is 266 g/mol. The maximum atomic E-state index is 3.79. The second-order valence-electron chi connectivity index (χ2n) is 7.00. The maximum Gasteiger partial charge on any atom is 0.0107 e. The molecule has 0 spiro atoms. The minimum absolute atomic E-state index is 0.807. The first-order valence-corrected chi connectivity index (χ1v) is 8.73. The van der Waals surface area contributed by atoms with E-state index in [0.29, 0.717) is 0 Å². The Morgan fingerprint density at radius 2 is 1.89 bits per heavy atom. The van der Waals surface area contributed by atoms with Gasteiger partial charge in [0.2, 0.25) is 0 Å². The first-order valence-electron chi connectivity index (χ1n) is 8.73. The summed E-state index contributed by atoms with van der Waals surface area (Å²) in [5.41, 5.74) is 0. The fourth-order valence-corrected chi connectivity index (χ4v) is 3.95. The Kier molecular flexibility index (Phi) is 6.66. The van der Waals surface area contributed by atoms with Crippen molar-refractivity contribution in [1.82, 2.24) is 10.2 Å². The van der Waals surface area contributed by atoms with Gasteiger partial charge in [0.25, 0.3) is 0 Å². The Bertz CT molecular complexity index is 233. The van der Waals surface area contributed by atoms with Gasteiger partial charge in [-0.1, -0.05) is 39.5 Å². The Labute approximate surface area is 120 Å². The van der Waals surface area contributed by atoms with Crippen molar-refractivity contribution in [3.05, 3.63) is 0 Å². The minimum Gasteiger partial charge on any atom is -0.313 e. The fraction of sp³-hybridized carbons (Fsp3) is 1.00. The van der Waals surface area contributed by atoms with E-state index in [1.54, 1.807) is 0 Å². The summed E-state index contributed by atoms with van der Waals surface area (Å²) in [6.07, 6.45) is 11.4. The molecule has 1 saturated carbocycles. The van der Waals surface area contributed by atoms with Crippen LogP contribution in [0.3, 0.4) is 0 Å². The van der Waals surface area contributed by atoms with Crippen molar-refractivity contribution < 1.29 is 0 Å². The van der Waals surface area contributed by atoms with E-state index in [2.05, 4.69) is 24.1 Å². The molecule has 19 heavy (non-hydrogen) atoms. The zero-order chi connectivity index (χ0) is 13.5. The summed E-state index contributed by atoms with van der Waals surface area (Å²) in [6.45, 7) is 9.88. The van der Waals surface area contributed by atoms with E-state index in [0.717, 1.165) is 17.9 Å². The van der Waals surface area contributed by atoms with Crippen molar-refractivity contribution in [1.29, 1.82) is 0 Å². The summed E-state index contributed by atoms with van der Waals surface area (Å²) in [5.74, 6) is 1.96. The van der Waals surface area contributed by atoms with Gasteiger partial charge in [-0.2, -0.15) is 0 Å². The van der Waals surface area contributed by atoms with Crippen molar-refractivity contribution in [3.63, 3.8) is 0 Å². The number of hydrogen-bond acceptors (Lipinski definition) is 2. The third-order valence-electron chi connectivity index (χ3n) is 5.20. The SMILES string of the molecule is CCCC1CCN(CCNC2CCCC(C)C2)CC1. The van der Waals surface area contributed by atoms with Gasteiger partial charge in [-0.15, -0.1) is 0 Å². The quantitative estimate of drug-likeness (QED) is 0.789. The summed E-state index contributed by atoms with van der Waals surface area (Å²) in [7, 11) is 0. The maximum absolute atomic E-state index is 3.79. The topological polar surface area (TPSA) is 15.3 Å². The fourth-order valence-electron chi connectivity index (χ4n) is 3.95. The van der Waals surface area contributed by atoms with E-state index in [-0.39, 0.29) is 0 Å². The largest absolute Gasteiger partial charge is 0.313 e. The van der Waals surface area contributed by atoms with Crippen molar-refractivity contribution >= 4 is 0 Å². The lowest BCUT2D eigenvalue weighted by Crippen LogP contribution is -2.41. The molecular weight excluding hydrogens is 232 g/mol. The molecule has 0 radical (unpaired) electrons. The summed E-state index contributed by atoms with van der Waals surface area (Å²) < 4.78 is 0. The molecule has 1 aliphatic carbocycles. The molecule has 1 heterocycles. The second kappa shape index (κ2) is 8.26. The number of rotatable bonds is 6. The van der Waals surface area contributed by atoms with Crippen LogP contribution in [0.5, 0.6) is 0 Å². The van der Waals surface area contributed by atoms with Gasteiger partial charge in [0.1, 0.15) is 0 Å². The van der Waals surface area contributed by atoms with Crippen LogP contribution in [0.2, 0.25) is 0 Å². The molecule has 2 rings (SSSR count). The minimum atomic E-state index is 0.807. The lowest BCUT2D eigenvalue weighted by molar-refractivity contribution is 0.174. The van der Waals surface area contributed by atoms with E-state index in [1.807, 2.05) is 0 Å². The van der Waals surface area contributed by atoms with Crippen LogP contribution in [-0.4, -0.2) is 37.1 Å².